The largest absolute Gasteiger partial charge is 0.352 e. The van der Waals surface area contributed by atoms with E-state index in [-0.39, 0.29) is 24.4 Å². The Bertz CT molecular complexity index is 285. The molecule has 19 heavy (non-hydrogen) atoms. The number of hydrogen-bond acceptors (Lipinski definition) is 3. The van der Waals surface area contributed by atoms with Crippen molar-refractivity contribution in [3.05, 3.63) is 0 Å². The van der Waals surface area contributed by atoms with E-state index in [0.29, 0.717) is 6.04 Å². The van der Waals surface area contributed by atoms with Crippen LogP contribution in [0.15, 0.2) is 0 Å². The standard InChI is InChI=1S/C14H26N2OS.ClH/c1-18-8-7-12(15)14(17)16-13-9-11(13)10-5-3-2-4-6-10;/h10-13H,2-9,15H2,1H3,(H,16,17);1H/t11?,12-,13?;/m0./s1. The number of nitrogens with one attached hydrogen (secondary N) is 1. The highest BCUT2D eigenvalue weighted by atomic mass is 35.5. The summed E-state index contributed by atoms with van der Waals surface area (Å²) in [5.41, 5.74) is 5.88. The Balaban J connectivity index is 0.00000180. The Kier molecular flexibility index (Phi) is 7.55. The van der Waals surface area contributed by atoms with Gasteiger partial charge in [-0.25, -0.2) is 0 Å². The van der Waals surface area contributed by atoms with E-state index in [4.69, 9.17) is 5.73 Å². The van der Waals surface area contributed by atoms with Crippen LogP contribution in [0.2, 0.25) is 0 Å². The molecule has 3 nitrogen and oxygen atoms in total. The highest BCUT2D eigenvalue weighted by Crippen LogP contribution is 2.44. The second-order valence-electron chi connectivity index (χ2n) is 5.80. The molecule has 0 aromatic rings. The van der Waals surface area contributed by atoms with E-state index < -0.39 is 0 Å². The first-order valence-corrected chi connectivity index (χ1v) is 8.66. The van der Waals surface area contributed by atoms with Crippen molar-refractivity contribution in [3.8, 4) is 0 Å². The number of nitrogens with two attached hydrogens (primary N) is 1. The Labute approximate surface area is 127 Å². The molecule has 3 N–H and O–H groups in total. The van der Waals surface area contributed by atoms with Crippen LogP contribution in [0, 0.1) is 11.8 Å². The first-order valence-electron chi connectivity index (χ1n) is 7.27. The summed E-state index contributed by atoms with van der Waals surface area (Å²) >= 11 is 1.75. The fourth-order valence-electron chi connectivity index (χ4n) is 3.13. The molecule has 0 saturated heterocycles. The number of halogens is 1. The van der Waals surface area contributed by atoms with E-state index in [1.165, 1.54) is 38.5 Å². The van der Waals surface area contributed by atoms with Crippen LogP contribution < -0.4 is 11.1 Å². The lowest BCUT2D eigenvalue weighted by molar-refractivity contribution is -0.122. The lowest BCUT2D eigenvalue weighted by atomic mass is 9.85. The van der Waals surface area contributed by atoms with E-state index in [9.17, 15) is 4.79 Å². The molecule has 0 bridgehead atoms. The van der Waals surface area contributed by atoms with Gasteiger partial charge in [-0.1, -0.05) is 32.1 Å². The van der Waals surface area contributed by atoms with Crippen molar-refractivity contribution in [1.82, 2.24) is 5.32 Å². The maximum Gasteiger partial charge on any atom is 0.237 e. The quantitative estimate of drug-likeness (QED) is 0.793. The number of amides is 1. The summed E-state index contributed by atoms with van der Waals surface area (Å²) in [6.45, 7) is 0. The molecular weight excluding hydrogens is 280 g/mol. The molecule has 0 aromatic heterocycles. The third kappa shape index (κ3) is 5.16. The van der Waals surface area contributed by atoms with Gasteiger partial charge in [0.2, 0.25) is 5.91 Å². The van der Waals surface area contributed by atoms with Crippen molar-refractivity contribution < 1.29 is 4.79 Å². The van der Waals surface area contributed by atoms with Crippen molar-refractivity contribution in [2.75, 3.05) is 12.0 Å². The van der Waals surface area contributed by atoms with Crippen LogP contribution in [-0.4, -0.2) is 30.0 Å². The van der Waals surface area contributed by atoms with Crippen molar-refractivity contribution in [3.63, 3.8) is 0 Å². The summed E-state index contributed by atoms with van der Waals surface area (Å²) in [7, 11) is 0. The molecular formula is C14H27ClN2OS. The SMILES string of the molecule is CSCC[C@H](N)C(=O)NC1CC1C1CCCCC1.Cl. The number of thioether (sulfide) groups is 1. The van der Waals surface area contributed by atoms with Crippen LogP contribution in [0.25, 0.3) is 0 Å². The lowest BCUT2D eigenvalue weighted by Crippen LogP contribution is -2.42. The van der Waals surface area contributed by atoms with Crippen LogP contribution >= 0.6 is 24.2 Å². The van der Waals surface area contributed by atoms with Gasteiger partial charge < -0.3 is 11.1 Å². The molecule has 2 fully saturated rings. The second-order valence-corrected chi connectivity index (χ2v) is 6.79. The molecule has 2 unspecified atom stereocenters. The maximum absolute atomic E-state index is 11.9. The Morgan fingerprint density at radius 3 is 2.68 bits per heavy atom. The van der Waals surface area contributed by atoms with Gasteiger partial charge in [0.1, 0.15) is 0 Å². The minimum absolute atomic E-state index is 0. The maximum atomic E-state index is 11.9. The van der Waals surface area contributed by atoms with Gasteiger partial charge in [0.15, 0.2) is 0 Å². The minimum atomic E-state index is -0.315. The van der Waals surface area contributed by atoms with E-state index in [2.05, 4.69) is 5.32 Å². The van der Waals surface area contributed by atoms with E-state index in [1.54, 1.807) is 11.8 Å². The second kappa shape index (κ2) is 8.38. The lowest BCUT2D eigenvalue weighted by Gasteiger charge is -2.22. The van der Waals surface area contributed by atoms with E-state index in [1.807, 2.05) is 6.26 Å². The molecule has 2 aliphatic carbocycles. The first-order chi connectivity index (χ1) is 8.72. The zero-order valence-corrected chi connectivity index (χ0v) is 13.4. The third-order valence-corrected chi connectivity index (χ3v) is 5.04. The Hall–Kier alpha value is 0.0700. The number of hydrogen-bond donors (Lipinski definition) is 2. The summed E-state index contributed by atoms with van der Waals surface area (Å²) in [6, 6.07) is 0.117. The molecule has 2 saturated carbocycles. The summed E-state index contributed by atoms with van der Waals surface area (Å²) in [4.78, 5) is 11.9. The van der Waals surface area contributed by atoms with Crippen LogP contribution in [0.5, 0.6) is 0 Å². The van der Waals surface area contributed by atoms with Crippen molar-refractivity contribution >= 4 is 30.1 Å². The molecule has 0 radical (unpaired) electrons. The number of carbonyl (C=O) groups excluding carboxylic acids is 1. The van der Waals surface area contributed by atoms with Gasteiger partial charge in [-0.05, 0) is 36.7 Å². The van der Waals surface area contributed by atoms with Gasteiger partial charge in [-0.2, -0.15) is 11.8 Å². The molecule has 0 spiro atoms. The fraction of sp³-hybridized carbons (Fsp3) is 0.929. The smallest absolute Gasteiger partial charge is 0.237 e. The molecule has 1 amide bonds. The van der Waals surface area contributed by atoms with Crippen LogP contribution in [-0.2, 0) is 4.79 Å². The normalized spacial score (nSPS) is 28.3. The highest BCUT2D eigenvalue weighted by molar-refractivity contribution is 7.98. The van der Waals surface area contributed by atoms with Crippen LogP contribution in [0.1, 0.15) is 44.9 Å². The van der Waals surface area contributed by atoms with E-state index >= 15 is 0 Å². The van der Waals surface area contributed by atoms with Gasteiger partial charge in [0, 0.05) is 6.04 Å². The number of carbonyl (C=O) groups is 1. The van der Waals surface area contributed by atoms with Gasteiger partial charge >= 0.3 is 0 Å². The van der Waals surface area contributed by atoms with Crippen LogP contribution in [0.4, 0.5) is 0 Å². The highest BCUT2D eigenvalue weighted by Gasteiger charge is 2.44. The molecule has 0 aliphatic heterocycles. The molecule has 112 valence electrons. The molecule has 5 heteroatoms. The zero-order chi connectivity index (χ0) is 13.0. The molecule has 2 rings (SSSR count). The van der Waals surface area contributed by atoms with Gasteiger partial charge in [-0.3, -0.25) is 4.79 Å². The average Bonchev–Trinajstić information content (AvgIpc) is 3.16. The van der Waals surface area contributed by atoms with Gasteiger partial charge in [0.25, 0.3) is 0 Å². The van der Waals surface area contributed by atoms with E-state index in [0.717, 1.165) is 24.0 Å². The molecule has 0 heterocycles. The van der Waals surface area contributed by atoms with Gasteiger partial charge in [-0.15, -0.1) is 12.4 Å². The monoisotopic (exact) mass is 306 g/mol. The predicted molar refractivity (Wildman–Crippen MR) is 84.8 cm³/mol. The number of rotatable bonds is 6. The molecule has 0 aromatic carbocycles. The summed E-state index contributed by atoms with van der Waals surface area (Å²) in [5.74, 6) is 2.64. The Morgan fingerprint density at radius 1 is 1.37 bits per heavy atom. The summed E-state index contributed by atoms with van der Waals surface area (Å²) in [6.07, 6.45) is 10.9. The molecule has 2 aliphatic rings. The van der Waals surface area contributed by atoms with Crippen molar-refractivity contribution in [2.24, 2.45) is 17.6 Å². The Morgan fingerprint density at radius 2 is 2.05 bits per heavy atom. The third-order valence-electron chi connectivity index (χ3n) is 4.39. The van der Waals surface area contributed by atoms with Crippen molar-refractivity contribution in [2.45, 2.75) is 57.0 Å². The fourth-order valence-corrected chi connectivity index (χ4v) is 3.62. The summed E-state index contributed by atoms with van der Waals surface area (Å²) in [5, 5.41) is 3.14. The summed E-state index contributed by atoms with van der Waals surface area (Å²) < 4.78 is 0. The topological polar surface area (TPSA) is 55.1 Å². The predicted octanol–water partition coefficient (Wildman–Crippen LogP) is 2.57. The van der Waals surface area contributed by atoms with Gasteiger partial charge in [0.05, 0.1) is 6.04 Å². The van der Waals surface area contributed by atoms with Crippen LogP contribution in [0.3, 0.4) is 0 Å². The average molecular weight is 307 g/mol. The minimum Gasteiger partial charge on any atom is -0.352 e. The molecule has 3 atom stereocenters. The zero-order valence-electron chi connectivity index (χ0n) is 11.8. The first kappa shape index (κ1) is 17.1. The van der Waals surface area contributed by atoms with Crippen molar-refractivity contribution in [1.29, 1.82) is 0 Å².